The molecule has 0 amide bonds. The van der Waals surface area contributed by atoms with Crippen molar-refractivity contribution in [1.82, 2.24) is 0 Å². The largest absolute Gasteiger partial charge is 0.270 e. The van der Waals surface area contributed by atoms with Gasteiger partial charge < -0.3 is 0 Å². The van der Waals surface area contributed by atoms with Gasteiger partial charge in [-0.15, -0.1) is 0 Å². The number of benzene rings is 1. The van der Waals surface area contributed by atoms with E-state index in [2.05, 4.69) is 0 Å². The molecule has 0 bridgehead atoms. The molecule has 0 aliphatic carbocycles. The van der Waals surface area contributed by atoms with E-state index in [1.54, 1.807) is 19.1 Å². The normalized spacial score (nSPS) is 11.8. The lowest BCUT2D eigenvalue weighted by Gasteiger charge is -2.13. The molecular weight excluding hydrogens is 158 g/mol. The molecule has 0 N–H and O–H groups in total. The van der Waals surface area contributed by atoms with Crippen molar-refractivity contribution in [3.63, 3.8) is 0 Å². The van der Waals surface area contributed by atoms with Crippen LogP contribution in [0.3, 0.4) is 0 Å². The second-order valence-electron chi connectivity index (χ2n) is 3.21. The van der Waals surface area contributed by atoms with Gasteiger partial charge >= 0.3 is 0 Å². The third-order valence-corrected chi connectivity index (χ3v) is 1.85. The smallest absolute Gasteiger partial charge is 0.202 e. The molecular formula is C10H12F2. The van der Waals surface area contributed by atoms with Gasteiger partial charge in [-0.3, -0.25) is 0 Å². The van der Waals surface area contributed by atoms with Crippen molar-refractivity contribution in [3.05, 3.63) is 34.9 Å². The molecule has 0 spiro atoms. The highest BCUT2D eigenvalue weighted by molar-refractivity contribution is 5.32. The zero-order valence-electron chi connectivity index (χ0n) is 7.49. The molecule has 1 rings (SSSR count). The SMILES string of the molecule is Cc1ccc(C(C)(F)F)c(C)c1. The van der Waals surface area contributed by atoms with Gasteiger partial charge in [-0.1, -0.05) is 23.8 Å². The van der Waals surface area contributed by atoms with Crippen molar-refractivity contribution in [2.45, 2.75) is 26.7 Å². The zero-order chi connectivity index (χ0) is 9.35. The molecule has 0 radical (unpaired) electrons. The van der Waals surface area contributed by atoms with Crippen LogP contribution < -0.4 is 0 Å². The van der Waals surface area contributed by atoms with Crippen LogP contribution in [0.1, 0.15) is 23.6 Å². The van der Waals surface area contributed by atoms with Gasteiger partial charge in [-0.25, -0.2) is 8.78 Å². The maximum absolute atomic E-state index is 12.8. The summed E-state index contributed by atoms with van der Waals surface area (Å²) in [6.07, 6.45) is 0. The summed E-state index contributed by atoms with van der Waals surface area (Å²) in [5.41, 5.74) is 1.79. The maximum atomic E-state index is 12.8. The number of rotatable bonds is 1. The Morgan fingerprint density at radius 2 is 1.75 bits per heavy atom. The van der Waals surface area contributed by atoms with E-state index in [1.165, 1.54) is 6.07 Å². The van der Waals surface area contributed by atoms with Crippen LogP contribution in [0.2, 0.25) is 0 Å². The second-order valence-corrected chi connectivity index (χ2v) is 3.21. The molecule has 0 aliphatic heterocycles. The summed E-state index contributed by atoms with van der Waals surface area (Å²) < 4.78 is 25.7. The molecule has 0 saturated heterocycles. The Bertz CT molecular complexity index is 284. The molecule has 66 valence electrons. The van der Waals surface area contributed by atoms with Crippen molar-refractivity contribution in [1.29, 1.82) is 0 Å². The summed E-state index contributed by atoms with van der Waals surface area (Å²) in [7, 11) is 0. The quantitative estimate of drug-likeness (QED) is 0.605. The van der Waals surface area contributed by atoms with Crippen LogP contribution in [0.4, 0.5) is 8.78 Å². The summed E-state index contributed by atoms with van der Waals surface area (Å²) >= 11 is 0. The first-order valence-electron chi connectivity index (χ1n) is 3.87. The van der Waals surface area contributed by atoms with Crippen LogP contribution in [-0.4, -0.2) is 0 Å². The van der Waals surface area contributed by atoms with E-state index in [0.717, 1.165) is 12.5 Å². The number of alkyl halides is 2. The summed E-state index contributed by atoms with van der Waals surface area (Å²) in [5, 5.41) is 0. The highest BCUT2D eigenvalue weighted by atomic mass is 19.3. The van der Waals surface area contributed by atoms with Crippen molar-refractivity contribution in [3.8, 4) is 0 Å². The van der Waals surface area contributed by atoms with Crippen LogP contribution in [-0.2, 0) is 5.92 Å². The first-order valence-corrected chi connectivity index (χ1v) is 3.87. The molecule has 2 heteroatoms. The van der Waals surface area contributed by atoms with E-state index in [4.69, 9.17) is 0 Å². The van der Waals surface area contributed by atoms with Gasteiger partial charge in [0.1, 0.15) is 0 Å². The fourth-order valence-corrected chi connectivity index (χ4v) is 1.31. The first kappa shape index (κ1) is 9.17. The average molecular weight is 170 g/mol. The topological polar surface area (TPSA) is 0 Å². The number of hydrogen-bond acceptors (Lipinski definition) is 0. The summed E-state index contributed by atoms with van der Waals surface area (Å²) in [5.74, 6) is -2.72. The van der Waals surface area contributed by atoms with Gasteiger partial charge in [-0.2, -0.15) is 0 Å². The highest BCUT2D eigenvalue weighted by Crippen LogP contribution is 2.29. The predicted octanol–water partition coefficient (Wildman–Crippen LogP) is 3.42. The zero-order valence-corrected chi connectivity index (χ0v) is 7.49. The second kappa shape index (κ2) is 2.85. The van der Waals surface area contributed by atoms with Gasteiger partial charge in [0.2, 0.25) is 0 Å². The van der Waals surface area contributed by atoms with Gasteiger partial charge in [0, 0.05) is 12.5 Å². The minimum Gasteiger partial charge on any atom is -0.202 e. The molecule has 0 saturated carbocycles. The molecule has 12 heavy (non-hydrogen) atoms. The lowest BCUT2D eigenvalue weighted by molar-refractivity contribution is 0.0168. The standard InChI is InChI=1S/C10H12F2/c1-7-4-5-9(8(2)6-7)10(3,11)12/h4-6H,1-3H3. The van der Waals surface area contributed by atoms with Crippen molar-refractivity contribution in [2.75, 3.05) is 0 Å². The Morgan fingerprint density at radius 1 is 1.17 bits per heavy atom. The van der Waals surface area contributed by atoms with E-state index in [1.807, 2.05) is 6.92 Å². The number of aryl methyl sites for hydroxylation is 2. The summed E-state index contributed by atoms with van der Waals surface area (Å²) in [6, 6.07) is 4.97. The molecule has 0 fully saturated rings. The Kier molecular flexibility index (Phi) is 2.18. The molecule has 0 atom stereocenters. The van der Waals surface area contributed by atoms with E-state index < -0.39 is 5.92 Å². The minimum absolute atomic E-state index is 0.119. The number of hydrogen-bond donors (Lipinski definition) is 0. The number of halogens is 2. The van der Waals surface area contributed by atoms with Gasteiger partial charge in [-0.05, 0) is 19.4 Å². The van der Waals surface area contributed by atoms with Gasteiger partial charge in [0.05, 0.1) is 0 Å². The van der Waals surface area contributed by atoms with E-state index in [-0.39, 0.29) is 5.56 Å². The fraction of sp³-hybridized carbons (Fsp3) is 0.400. The first-order chi connectivity index (χ1) is 5.41. The molecule has 0 aliphatic rings. The van der Waals surface area contributed by atoms with E-state index in [0.29, 0.717) is 5.56 Å². The monoisotopic (exact) mass is 170 g/mol. The Balaban J connectivity index is 3.19. The Morgan fingerprint density at radius 3 is 2.17 bits per heavy atom. The van der Waals surface area contributed by atoms with Crippen molar-refractivity contribution < 1.29 is 8.78 Å². The van der Waals surface area contributed by atoms with E-state index >= 15 is 0 Å². The molecule has 1 aromatic rings. The summed E-state index contributed by atoms with van der Waals surface area (Å²) in [6.45, 7) is 4.52. The molecule has 0 nitrogen and oxygen atoms in total. The van der Waals surface area contributed by atoms with Crippen LogP contribution in [0.15, 0.2) is 18.2 Å². The molecule has 0 unspecified atom stereocenters. The third kappa shape index (κ3) is 1.81. The minimum atomic E-state index is -2.72. The fourth-order valence-electron chi connectivity index (χ4n) is 1.31. The van der Waals surface area contributed by atoms with Gasteiger partial charge in [0.15, 0.2) is 0 Å². The molecule has 0 heterocycles. The Hall–Kier alpha value is -0.920. The van der Waals surface area contributed by atoms with Crippen molar-refractivity contribution in [2.24, 2.45) is 0 Å². The summed E-state index contributed by atoms with van der Waals surface area (Å²) in [4.78, 5) is 0. The lowest BCUT2D eigenvalue weighted by Crippen LogP contribution is -2.08. The van der Waals surface area contributed by atoms with Crippen LogP contribution in [0.5, 0.6) is 0 Å². The Labute approximate surface area is 71.2 Å². The predicted molar refractivity (Wildman–Crippen MR) is 45.5 cm³/mol. The maximum Gasteiger partial charge on any atom is 0.270 e. The third-order valence-electron chi connectivity index (χ3n) is 1.85. The molecule has 1 aromatic carbocycles. The van der Waals surface area contributed by atoms with Crippen LogP contribution in [0, 0.1) is 13.8 Å². The average Bonchev–Trinajstić information content (AvgIpc) is 1.83. The highest BCUT2D eigenvalue weighted by Gasteiger charge is 2.25. The lowest BCUT2D eigenvalue weighted by atomic mass is 10.0. The molecule has 0 aromatic heterocycles. The van der Waals surface area contributed by atoms with E-state index in [9.17, 15) is 8.78 Å². The van der Waals surface area contributed by atoms with Crippen LogP contribution >= 0.6 is 0 Å². The van der Waals surface area contributed by atoms with Crippen molar-refractivity contribution >= 4 is 0 Å². The van der Waals surface area contributed by atoms with Crippen LogP contribution in [0.25, 0.3) is 0 Å². The van der Waals surface area contributed by atoms with Gasteiger partial charge in [0.25, 0.3) is 5.92 Å².